The third-order valence-electron chi connectivity index (χ3n) is 4.10. The molecule has 2 N–H and O–H groups in total. The van der Waals surface area contributed by atoms with Crippen LogP contribution in [0.3, 0.4) is 0 Å². The summed E-state index contributed by atoms with van der Waals surface area (Å²) in [6, 6.07) is 7.39. The molecule has 0 aliphatic rings. The van der Waals surface area contributed by atoms with E-state index in [1.807, 2.05) is 37.5 Å². The van der Waals surface area contributed by atoms with Crippen LogP contribution in [0.15, 0.2) is 43.0 Å². The van der Waals surface area contributed by atoms with Crippen LogP contribution in [0.4, 0.5) is 0 Å². The fourth-order valence-electron chi connectivity index (χ4n) is 2.84. The van der Waals surface area contributed by atoms with Crippen LogP contribution in [-0.4, -0.2) is 37.0 Å². The lowest BCUT2D eigenvalue weighted by molar-refractivity contribution is 0.0953. The number of imidazole rings is 1. The first-order valence-electron chi connectivity index (χ1n) is 8.21. The molecule has 7 nitrogen and oxygen atoms in total. The van der Waals surface area contributed by atoms with E-state index in [4.69, 9.17) is 0 Å². The topological polar surface area (TPSA) is 88.0 Å². The maximum absolute atomic E-state index is 12.2. The van der Waals surface area contributed by atoms with Gasteiger partial charge in [-0.3, -0.25) is 4.79 Å². The minimum Gasteiger partial charge on any atom is -0.352 e. The van der Waals surface area contributed by atoms with Crippen molar-refractivity contribution in [1.29, 1.82) is 0 Å². The molecule has 0 saturated carbocycles. The van der Waals surface area contributed by atoms with E-state index in [1.165, 1.54) is 0 Å². The average Bonchev–Trinajstić information content (AvgIpc) is 3.22. The zero-order valence-electron chi connectivity index (χ0n) is 13.9. The molecule has 0 fully saturated rings. The molecular formula is C18H18N6O. The van der Waals surface area contributed by atoms with Crippen LogP contribution >= 0.6 is 0 Å². The van der Waals surface area contributed by atoms with Gasteiger partial charge in [-0.05, 0) is 43.5 Å². The highest BCUT2D eigenvalue weighted by Gasteiger charge is 2.07. The second kappa shape index (κ2) is 6.35. The van der Waals surface area contributed by atoms with Gasteiger partial charge in [-0.2, -0.15) is 5.10 Å². The van der Waals surface area contributed by atoms with Crippen molar-refractivity contribution in [2.24, 2.45) is 0 Å². The maximum Gasteiger partial charge on any atom is 0.251 e. The second-order valence-electron chi connectivity index (χ2n) is 6.04. The van der Waals surface area contributed by atoms with Crippen LogP contribution in [0.5, 0.6) is 0 Å². The zero-order valence-corrected chi connectivity index (χ0v) is 13.9. The highest BCUT2D eigenvalue weighted by molar-refractivity contribution is 5.97. The molecular weight excluding hydrogens is 316 g/mol. The van der Waals surface area contributed by atoms with Crippen molar-refractivity contribution in [3.8, 4) is 0 Å². The average molecular weight is 334 g/mol. The number of carbonyl (C=O) groups excluding carboxylic acids is 1. The largest absolute Gasteiger partial charge is 0.352 e. The lowest BCUT2D eigenvalue weighted by atomic mass is 10.1. The Morgan fingerprint density at radius 2 is 2.20 bits per heavy atom. The van der Waals surface area contributed by atoms with Gasteiger partial charge < -0.3 is 10.3 Å². The fraction of sp³-hybridized carbons (Fsp3) is 0.222. The molecule has 0 aliphatic carbocycles. The lowest BCUT2D eigenvalue weighted by Gasteiger charge is -2.06. The summed E-state index contributed by atoms with van der Waals surface area (Å²) in [5.41, 5.74) is 5.25. The van der Waals surface area contributed by atoms with Crippen molar-refractivity contribution in [1.82, 2.24) is 29.9 Å². The molecule has 3 aromatic heterocycles. The predicted molar refractivity (Wildman–Crippen MR) is 94.5 cm³/mol. The Morgan fingerprint density at radius 1 is 1.28 bits per heavy atom. The van der Waals surface area contributed by atoms with Gasteiger partial charge in [0.15, 0.2) is 5.65 Å². The number of hydrogen-bond acceptors (Lipinski definition) is 4. The summed E-state index contributed by atoms with van der Waals surface area (Å²) in [4.78, 5) is 23.8. The summed E-state index contributed by atoms with van der Waals surface area (Å²) in [5.74, 6) is -0.0761. The molecule has 0 bridgehead atoms. The van der Waals surface area contributed by atoms with Crippen molar-refractivity contribution < 1.29 is 4.79 Å². The van der Waals surface area contributed by atoms with Gasteiger partial charge in [-0.1, -0.05) is 0 Å². The third kappa shape index (κ3) is 3.21. The van der Waals surface area contributed by atoms with Crippen molar-refractivity contribution in [2.75, 3.05) is 6.54 Å². The van der Waals surface area contributed by atoms with Gasteiger partial charge in [0.2, 0.25) is 0 Å². The molecule has 0 atom stereocenters. The minimum absolute atomic E-state index is 0.0761. The van der Waals surface area contributed by atoms with Crippen molar-refractivity contribution >= 4 is 22.6 Å². The van der Waals surface area contributed by atoms with E-state index in [-0.39, 0.29) is 5.91 Å². The molecule has 4 rings (SSSR count). The van der Waals surface area contributed by atoms with Gasteiger partial charge in [-0.25, -0.2) is 14.5 Å². The molecule has 7 heteroatoms. The highest BCUT2D eigenvalue weighted by atomic mass is 16.1. The molecule has 4 aromatic rings. The molecule has 0 saturated heterocycles. The van der Waals surface area contributed by atoms with Gasteiger partial charge in [0, 0.05) is 30.6 Å². The van der Waals surface area contributed by atoms with E-state index in [1.54, 1.807) is 16.9 Å². The van der Waals surface area contributed by atoms with Crippen molar-refractivity contribution in [3.05, 3.63) is 59.8 Å². The normalized spacial score (nSPS) is 11.2. The monoisotopic (exact) mass is 334 g/mol. The fourth-order valence-corrected chi connectivity index (χ4v) is 2.84. The number of aryl methyl sites for hydroxylation is 2. The predicted octanol–water partition coefficient (Wildman–Crippen LogP) is 2.28. The maximum atomic E-state index is 12.2. The van der Waals surface area contributed by atoms with Crippen molar-refractivity contribution in [2.45, 2.75) is 19.8 Å². The number of carbonyl (C=O) groups is 1. The Hall–Kier alpha value is -3.22. The molecule has 0 spiro atoms. The van der Waals surface area contributed by atoms with Crippen LogP contribution in [0.2, 0.25) is 0 Å². The number of rotatable bonds is 5. The third-order valence-corrected chi connectivity index (χ3v) is 4.10. The number of nitrogens with one attached hydrogen (secondary N) is 2. The summed E-state index contributed by atoms with van der Waals surface area (Å²) in [6.45, 7) is 2.56. The summed E-state index contributed by atoms with van der Waals surface area (Å²) in [6.07, 6.45) is 7.15. The number of aromatic nitrogens is 5. The first-order chi connectivity index (χ1) is 12.2. The number of nitrogens with zero attached hydrogens (tertiary/aromatic N) is 4. The minimum atomic E-state index is -0.0761. The number of aromatic amines is 1. The van der Waals surface area contributed by atoms with Gasteiger partial charge in [0.05, 0.1) is 23.1 Å². The summed E-state index contributed by atoms with van der Waals surface area (Å²) < 4.78 is 1.79. The first kappa shape index (κ1) is 15.3. The quantitative estimate of drug-likeness (QED) is 0.548. The number of H-pyrrole nitrogens is 1. The van der Waals surface area contributed by atoms with Gasteiger partial charge in [-0.15, -0.1) is 0 Å². The molecule has 0 aliphatic heterocycles. The lowest BCUT2D eigenvalue weighted by Crippen LogP contribution is -2.24. The standard InChI is InChI=1S/C18H18N6O/c1-12-7-17-20-9-13(10-24(17)23-12)3-2-6-19-18(25)14-4-5-15-16(8-14)22-11-21-15/h4-5,7-11H,2-3,6H2,1H3,(H,19,25)(H,21,22). The van der Waals surface area contributed by atoms with Gasteiger partial charge >= 0.3 is 0 Å². The van der Waals surface area contributed by atoms with Gasteiger partial charge in [0.25, 0.3) is 5.91 Å². The van der Waals surface area contributed by atoms with Crippen LogP contribution in [-0.2, 0) is 6.42 Å². The number of fused-ring (bicyclic) bond motifs is 2. The molecule has 126 valence electrons. The van der Waals surface area contributed by atoms with Crippen LogP contribution in [0.1, 0.15) is 28.0 Å². The molecule has 0 radical (unpaired) electrons. The Morgan fingerprint density at radius 3 is 3.12 bits per heavy atom. The molecule has 1 amide bonds. The molecule has 3 heterocycles. The van der Waals surface area contributed by atoms with E-state index in [0.29, 0.717) is 12.1 Å². The van der Waals surface area contributed by atoms with Gasteiger partial charge in [0.1, 0.15) is 0 Å². The first-order valence-corrected chi connectivity index (χ1v) is 8.21. The Bertz CT molecular complexity index is 1050. The SMILES string of the molecule is Cc1cc2ncc(CCCNC(=O)c3ccc4nc[nH]c4c3)cn2n1. The summed E-state index contributed by atoms with van der Waals surface area (Å²) >= 11 is 0. The van der Waals surface area contributed by atoms with E-state index < -0.39 is 0 Å². The van der Waals surface area contributed by atoms with E-state index >= 15 is 0 Å². The zero-order chi connectivity index (χ0) is 17.2. The summed E-state index contributed by atoms with van der Waals surface area (Å²) in [5, 5.41) is 7.32. The molecule has 25 heavy (non-hydrogen) atoms. The van der Waals surface area contributed by atoms with Crippen LogP contribution in [0.25, 0.3) is 16.7 Å². The Labute approximate surface area is 144 Å². The highest BCUT2D eigenvalue weighted by Crippen LogP contribution is 2.11. The van der Waals surface area contributed by atoms with E-state index in [9.17, 15) is 4.79 Å². The molecule has 0 unspecified atom stereocenters. The Balaban J connectivity index is 1.32. The number of benzene rings is 1. The van der Waals surface area contributed by atoms with E-state index in [0.717, 1.165) is 40.8 Å². The second-order valence-corrected chi connectivity index (χ2v) is 6.04. The van der Waals surface area contributed by atoms with Crippen molar-refractivity contribution in [3.63, 3.8) is 0 Å². The van der Waals surface area contributed by atoms with Crippen LogP contribution in [0, 0.1) is 6.92 Å². The summed E-state index contributed by atoms with van der Waals surface area (Å²) in [7, 11) is 0. The Kier molecular flexibility index (Phi) is 3.89. The van der Waals surface area contributed by atoms with Crippen LogP contribution < -0.4 is 5.32 Å². The number of hydrogen-bond donors (Lipinski definition) is 2. The molecule has 1 aromatic carbocycles. The van der Waals surface area contributed by atoms with E-state index in [2.05, 4.69) is 25.4 Å². The smallest absolute Gasteiger partial charge is 0.251 e. The number of amides is 1.